The molecule has 1 atom stereocenters. The molecule has 0 aromatic rings. The van der Waals surface area contributed by atoms with Gasteiger partial charge in [-0.1, -0.05) is 0 Å². The molecule has 15 heavy (non-hydrogen) atoms. The minimum Gasteiger partial charge on any atom is -0.480 e. The Hall–Kier alpha value is -1.71. The first-order chi connectivity index (χ1) is 6.79. The Morgan fingerprint density at radius 2 is 2.00 bits per heavy atom. The van der Waals surface area contributed by atoms with Gasteiger partial charge in [-0.15, -0.1) is 12.3 Å². The second-order valence-electron chi connectivity index (χ2n) is 2.60. The van der Waals surface area contributed by atoms with E-state index in [-0.39, 0.29) is 12.8 Å². The van der Waals surface area contributed by atoms with Crippen LogP contribution in [0, 0.1) is 12.3 Å². The molecule has 7 heteroatoms. The monoisotopic (exact) mass is 223 g/mol. The summed E-state index contributed by atoms with van der Waals surface area (Å²) < 4.78 is 35.2. The molecular formula is C8H8F3NO3. The molecule has 0 aliphatic carbocycles. The Balaban J connectivity index is 4.37. The summed E-state index contributed by atoms with van der Waals surface area (Å²) >= 11 is 0. The van der Waals surface area contributed by atoms with Crippen molar-refractivity contribution < 1.29 is 27.9 Å². The zero-order valence-corrected chi connectivity index (χ0v) is 7.47. The molecule has 1 unspecified atom stereocenters. The number of rotatable bonds is 4. The van der Waals surface area contributed by atoms with Crippen LogP contribution in [-0.2, 0) is 9.59 Å². The fourth-order valence-corrected chi connectivity index (χ4v) is 0.725. The van der Waals surface area contributed by atoms with Crippen molar-refractivity contribution in [2.75, 3.05) is 0 Å². The molecule has 84 valence electrons. The first-order valence-electron chi connectivity index (χ1n) is 3.83. The number of amides is 1. The van der Waals surface area contributed by atoms with E-state index >= 15 is 0 Å². The van der Waals surface area contributed by atoms with Crippen LogP contribution in [-0.4, -0.2) is 29.2 Å². The van der Waals surface area contributed by atoms with Gasteiger partial charge in [-0.25, -0.2) is 4.79 Å². The normalized spacial score (nSPS) is 12.7. The van der Waals surface area contributed by atoms with Gasteiger partial charge in [-0.2, -0.15) is 13.2 Å². The van der Waals surface area contributed by atoms with Crippen LogP contribution in [0.15, 0.2) is 0 Å². The highest BCUT2D eigenvalue weighted by Gasteiger charge is 2.40. The predicted octanol–water partition coefficient (Wildman–Crippen LogP) is 0.531. The van der Waals surface area contributed by atoms with Crippen LogP contribution < -0.4 is 5.32 Å². The van der Waals surface area contributed by atoms with E-state index in [9.17, 15) is 22.8 Å². The molecular weight excluding hydrogens is 215 g/mol. The molecule has 0 aliphatic heterocycles. The Kier molecular flexibility index (Phi) is 4.64. The smallest absolute Gasteiger partial charge is 0.471 e. The largest absolute Gasteiger partial charge is 0.480 e. The SMILES string of the molecule is C#CCCC(NC(=O)C(F)(F)F)C(=O)O. The zero-order chi connectivity index (χ0) is 12.1. The molecule has 0 heterocycles. The van der Waals surface area contributed by atoms with Crippen molar-refractivity contribution in [3.63, 3.8) is 0 Å². The van der Waals surface area contributed by atoms with Crippen LogP contribution in [0.25, 0.3) is 0 Å². The number of carbonyl (C=O) groups is 2. The number of nitrogens with one attached hydrogen (secondary N) is 1. The summed E-state index contributed by atoms with van der Waals surface area (Å²) in [5.41, 5.74) is 0. The molecule has 0 aliphatic rings. The van der Waals surface area contributed by atoms with Gasteiger partial charge in [-0.3, -0.25) is 4.79 Å². The van der Waals surface area contributed by atoms with Gasteiger partial charge in [-0.05, 0) is 6.42 Å². The van der Waals surface area contributed by atoms with Gasteiger partial charge < -0.3 is 10.4 Å². The maximum absolute atomic E-state index is 11.7. The second kappa shape index (κ2) is 5.24. The number of hydrogen-bond donors (Lipinski definition) is 2. The average Bonchev–Trinajstić information content (AvgIpc) is 2.09. The Labute approximate surface area is 83.5 Å². The number of carboxylic acid groups (broad SMARTS) is 1. The maximum atomic E-state index is 11.7. The van der Waals surface area contributed by atoms with E-state index in [1.165, 1.54) is 5.32 Å². The molecule has 2 N–H and O–H groups in total. The molecule has 0 bridgehead atoms. The van der Waals surface area contributed by atoms with E-state index in [1.807, 2.05) is 0 Å². The third-order valence-corrected chi connectivity index (χ3v) is 1.44. The Morgan fingerprint density at radius 1 is 1.47 bits per heavy atom. The van der Waals surface area contributed by atoms with Gasteiger partial charge in [0.1, 0.15) is 6.04 Å². The third-order valence-electron chi connectivity index (χ3n) is 1.44. The van der Waals surface area contributed by atoms with E-state index < -0.39 is 24.1 Å². The number of terminal acetylenes is 1. The van der Waals surface area contributed by atoms with Gasteiger partial charge in [0.25, 0.3) is 0 Å². The number of hydrogen-bond acceptors (Lipinski definition) is 2. The maximum Gasteiger partial charge on any atom is 0.471 e. The van der Waals surface area contributed by atoms with E-state index in [0.717, 1.165) is 0 Å². The highest BCUT2D eigenvalue weighted by Crippen LogP contribution is 2.15. The van der Waals surface area contributed by atoms with E-state index in [1.54, 1.807) is 0 Å². The lowest BCUT2D eigenvalue weighted by atomic mass is 10.1. The summed E-state index contributed by atoms with van der Waals surface area (Å²) in [6, 6.07) is -1.62. The van der Waals surface area contributed by atoms with Crippen molar-refractivity contribution in [1.29, 1.82) is 0 Å². The Bertz CT molecular complexity index is 292. The van der Waals surface area contributed by atoms with Crippen molar-refractivity contribution in [2.24, 2.45) is 0 Å². The Morgan fingerprint density at radius 3 is 2.33 bits per heavy atom. The second-order valence-corrected chi connectivity index (χ2v) is 2.60. The number of aliphatic carboxylic acids is 1. The fourth-order valence-electron chi connectivity index (χ4n) is 0.725. The van der Waals surface area contributed by atoms with Crippen molar-refractivity contribution in [3.05, 3.63) is 0 Å². The lowest BCUT2D eigenvalue weighted by molar-refractivity contribution is -0.175. The molecule has 0 spiro atoms. The zero-order valence-electron chi connectivity index (χ0n) is 7.47. The summed E-state index contributed by atoms with van der Waals surface area (Å²) in [5, 5.41) is 9.80. The average molecular weight is 223 g/mol. The number of carbonyl (C=O) groups excluding carboxylic acids is 1. The summed E-state index contributed by atoms with van der Waals surface area (Å²) in [6.07, 6.45) is -0.553. The van der Waals surface area contributed by atoms with Crippen LogP contribution >= 0.6 is 0 Å². The van der Waals surface area contributed by atoms with E-state index in [4.69, 9.17) is 11.5 Å². The molecule has 0 rings (SSSR count). The molecule has 0 saturated heterocycles. The van der Waals surface area contributed by atoms with Crippen LogP contribution in [0.2, 0.25) is 0 Å². The van der Waals surface area contributed by atoms with Gasteiger partial charge in [0.2, 0.25) is 0 Å². The van der Waals surface area contributed by atoms with Crippen LogP contribution in [0.3, 0.4) is 0 Å². The van der Waals surface area contributed by atoms with Gasteiger partial charge >= 0.3 is 18.1 Å². The number of halogens is 3. The lowest BCUT2D eigenvalue weighted by Crippen LogP contribution is -2.46. The predicted molar refractivity (Wildman–Crippen MR) is 43.7 cm³/mol. The summed E-state index contributed by atoms with van der Waals surface area (Å²) in [4.78, 5) is 20.8. The first-order valence-corrected chi connectivity index (χ1v) is 3.83. The van der Waals surface area contributed by atoms with Crippen molar-refractivity contribution >= 4 is 11.9 Å². The van der Waals surface area contributed by atoms with Crippen LogP contribution in [0.1, 0.15) is 12.8 Å². The molecule has 4 nitrogen and oxygen atoms in total. The standard InChI is InChI=1S/C8H8F3NO3/c1-2-3-4-5(6(13)14)12-7(15)8(9,10)11/h1,5H,3-4H2,(H,12,15)(H,13,14). The fraction of sp³-hybridized carbons (Fsp3) is 0.500. The lowest BCUT2D eigenvalue weighted by Gasteiger charge is -2.14. The highest BCUT2D eigenvalue weighted by molar-refractivity contribution is 5.86. The molecule has 1 amide bonds. The first kappa shape index (κ1) is 13.3. The van der Waals surface area contributed by atoms with Gasteiger partial charge in [0.15, 0.2) is 0 Å². The van der Waals surface area contributed by atoms with Gasteiger partial charge in [0.05, 0.1) is 0 Å². The summed E-state index contributed by atoms with van der Waals surface area (Å²) in [6.45, 7) is 0. The molecule has 0 radical (unpaired) electrons. The highest BCUT2D eigenvalue weighted by atomic mass is 19.4. The van der Waals surface area contributed by atoms with Crippen LogP contribution in [0.4, 0.5) is 13.2 Å². The van der Waals surface area contributed by atoms with Crippen LogP contribution in [0.5, 0.6) is 0 Å². The molecule has 0 saturated carbocycles. The minimum atomic E-state index is -5.09. The van der Waals surface area contributed by atoms with Crippen molar-refractivity contribution in [3.8, 4) is 12.3 Å². The quantitative estimate of drug-likeness (QED) is 0.683. The van der Waals surface area contributed by atoms with Crippen molar-refractivity contribution in [1.82, 2.24) is 5.32 Å². The minimum absolute atomic E-state index is 0.0326. The molecule has 0 aromatic carbocycles. The number of alkyl halides is 3. The van der Waals surface area contributed by atoms with Gasteiger partial charge in [0, 0.05) is 6.42 Å². The topological polar surface area (TPSA) is 66.4 Å². The molecule has 0 fully saturated rings. The van der Waals surface area contributed by atoms with E-state index in [0.29, 0.717) is 0 Å². The summed E-state index contributed by atoms with van der Waals surface area (Å²) in [7, 11) is 0. The number of carboxylic acids is 1. The third kappa shape index (κ3) is 4.90. The molecule has 0 aromatic heterocycles. The summed E-state index contributed by atoms with van der Waals surface area (Å²) in [5.74, 6) is -1.77. The van der Waals surface area contributed by atoms with E-state index in [2.05, 4.69) is 5.92 Å². The van der Waals surface area contributed by atoms with Crippen molar-refractivity contribution in [2.45, 2.75) is 25.1 Å².